The van der Waals surface area contributed by atoms with Gasteiger partial charge in [0, 0.05) is 11.1 Å². The lowest BCUT2D eigenvalue weighted by Crippen LogP contribution is -2.10. The summed E-state index contributed by atoms with van der Waals surface area (Å²) in [4.78, 5) is 21.4. The second kappa shape index (κ2) is 12.8. The molecule has 0 aliphatic rings. The van der Waals surface area contributed by atoms with Gasteiger partial charge in [-0.25, -0.2) is 0 Å². The zero-order valence-corrected chi connectivity index (χ0v) is 24.3. The number of carbonyl (C=O) groups is 2. The highest BCUT2D eigenvalue weighted by molar-refractivity contribution is 5.94. The van der Waals surface area contributed by atoms with E-state index in [9.17, 15) is 9.59 Å². The molecular weight excluding hydrogens is 440 g/mol. The van der Waals surface area contributed by atoms with Crippen LogP contribution < -0.4 is 0 Å². The summed E-state index contributed by atoms with van der Waals surface area (Å²) >= 11 is 0. The number of benzene rings is 3. The van der Waals surface area contributed by atoms with Gasteiger partial charge in [-0.1, -0.05) is 141 Å². The highest BCUT2D eigenvalue weighted by Gasteiger charge is 2.14. The Labute approximate surface area is 220 Å². The average Bonchev–Trinajstić information content (AvgIpc) is 2.78. The summed E-state index contributed by atoms with van der Waals surface area (Å²) in [5.74, 6) is 0.125. The molecule has 0 heterocycles. The fraction of sp³-hybridized carbons (Fsp3) is 0.412. The van der Waals surface area contributed by atoms with Crippen molar-refractivity contribution in [2.75, 3.05) is 0 Å². The molecule has 0 saturated heterocycles. The van der Waals surface area contributed by atoms with Crippen LogP contribution in [-0.4, -0.2) is 12.1 Å². The Kier molecular flexibility index (Phi) is 11.0. The SMILES string of the molecule is CC(=O)c1ccc(C(C)(C)C)cc1.CC(C)(C)c1ccc(C=O)cc1.Cc1ccc(C(C)(C)C)cc1. The number of ketones is 1. The van der Waals surface area contributed by atoms with Gasteiger partial charge < -0.3 is 0 Å². The lowest BCUT2D eigenvalue weighted by Gasteiger charge is -2.18. The van der Waals surface area contributed by atoms with E-state index in [4.69, 9.17) is 0 Å². The number of hydrogen-bond donors (Lipinski definition) is 0. The zero-order chi connectivity index (χ0) is 27.7. The quantitative estimate of drug-likeness (QED) is 0.267. The zero-order valence-electron chi connectivity index (χ0n) is 24.3. The molecule has 0 spiro atoms. The molecule has 0 bridgehead atoms. The molecule has 0 aliphatic heterocycles. The van der Waals surface area contributed by atoms with Gasteiger partial charge in [0.2, 0.25) is 0 Å². The van der Waals surface area contributed by atoms with Crippen molar-refractivity contribution in [3.63, 3.8) is 0 Å². The van der Waals surface area contributed by atoms with E-state index in [1.165, 1.54) is 22.3 Å². The van der Waals surface area contributed by atoms with E-state index in [0.29, 0.717) is 0 Å². The summed E-state index contributed by atoms with van der Waals surface area (Å²) in [6.07, 6.45) is 0.867. The normalized spacial score (nSPS) is 11.4. The minimum Gasteiger partial charge on any atom is -0.298 e. The predicted octanol–water partition coefficient (Wildman–Crippen LogP) is 9.28. The Hall–Kier alpha value is -3.00. The third-order valence-corrected chi connectivity index (χ3v) is 5.99. The first-order chi connectivity index (χ1) is 16.4. The number of aryl methyl sites for hydroxylation is 1. The summed E-state index contributed by atoms with van der Waals surface area (Å²) in [6, 6.07) is 24.3. The van der Waals surface area contributed by atoms with Gasteiger partial charge in [0.05, 0.1) is 0 Å². The second-order valence-corrected chi connectivity index (χ2v) is 12.5. The van der Waals surface area contributed by atoms with E-state index < -0.39 is 0 Å². The van der Waals surface area contributed by atoms with Crippen LogP contribution in [0.4, 0.5) is 0 Å². The molecular formula is C34H46O2. The van der Waals surface area contributed by atoms with Crippen molar-refractivity contribution in [2.24, 2.45) is 0 Å². The van der Waals surface area contributed by atoms with E-state index >= 15 is 0 Å². The molecule has 0 saturated carbocycles. The largest absolute Gasteiger partial charge is 0.298 e. The van der Waals surface area contributed by atoms with Crippen molar-refractivity contribution in [2.45, 2.75) is 92.4 Å². The molecule has 36 heavy (non-hydrogen) atoms. The maximum atomic E-state index is 11.0. The summed E-state index contributed by atoms with van der Waals surface area (Å²) in [5.41, 5.74) is 7.40. The van der Waals surface area contributed by atoms with E-state index in [-0.39, 0.29) is 22.0 Å². The minimum atomic E-state index is 0.125. The molecule has 3 aromatic rings. The van der Waals surface area contributed by atoms with Crippen molar-refractivity contribution in [3.05, 3.63) is 106 Å². The van der Waals surface area contributed by atoms with Crippen molar-refractivity contribution >= 4 is 12.1 Å². The van der Waals surface area contributed by atoms with Crippen LogP contribution in [0.15, 0.2) is 72.8 Å². The molecule has 0 radical (unpaired) electrons. The molecule has 0 N–H and O–H groups in total. The maximum absolute atomic E-state index is 11.0. The van der Waals surface area contributed by atoms with Crippen LogP contribution in [-0.2, 0) is 16.2 Å². The fourth-order valence-corrected chi connectivity index (χ4v) is 3.32. The first-order valence-electron chi connectivity index (χ1n) is 12.7. The van der Waals surface area contributed by atoms with Gasteiger partial charge >= 0.3 is 0 Å². The molecule has 0 aromatic heterocycles. The molecule has 2 heteroatoms. The van der Waals surface area contributed by atoms with Crippen LogP contribution >= 0.6 is 0 Å². The monoisotopic (exact) mass is 486 g/mol. The maximum Gasteiger partial charge on any atom is 0.159 e. The predicted molar refractivity (Wildman–Crippen MR) is 156 cm³/mol. The minimum absolute atomic E-state index is 0.125. The third-order valence-electron chi connectivity index (χ3n) is 5.99. The molecule has 194 valence electrons. The lowest BCUT2D eigenvalue weighted by molar-refractivity contribution is 0.101. The second-order valence-electron chi connectivity index (χ2n) is 12.5. The van der Waals surface area contributed by atoms with E-state index in [0.717, 1.165) is 17.4 Å². The topological polar surface area (TPSA) is 34.1 Å². The van der Waals surface area contributed by atoms with Gasteiger partial charge in [-0.2, -0.15) is 0 Å². The first kappa shape index (κ1) is 31.0. The number of rotatable bonds is 2. The van der Waals surface area contributed by atoms with Crippen LogP contribution in [0.1, 0.15) is 112 Å². The van der Waals surface area contributed by atoms with Gasteiger partial charge in [0.15, 0.2) is 5.78 Å². The van der Waals surface area contributed by atoms with E-state index in [1.54, 1.807) is 6.92 Å². The van der Waals surface area contributed by atoms with Gasteiger partial charge in [0.1, 0.15) is 6.29 Å². The molecule has 0 atom stereocenters. The Morgan fingerprint density at radius 1 is 0.556 bits per heavy atom. The van der Waals surface area contributed by atoms with Gasteiger partial charge in [-0.3, -0.25) is 9.59 Å². The highest BCUT2D eigenvalue weighted by Crippen LogP contribution is 2.23. The molecule has 0 amide bonds. The van der Waals surface area contributed by atoms with Crippen molar-refractivity contribution in [3.8, 4) is 0 Å². The van der Waals surface area contributed by atoms with Crippen LogP contribution in [0.25, 0.3) is 0 Å². The highest BCUT2D eigenvalue weighted by atomic mass is 16.1. The van der Waals surface area contributed by atoms with Crippen LogP contribution in [0.5, 0.6) is 0 Å². The van der Waals surface area contributed by atoms with Crippen molar-refractivity contribution in [1.82, 2.24) is 0 Å². The number of Topliss-reactive ketones (excluding diaryl/α,β-unsaturated/α-hetero) is 1. The van der Waals surface area contributed by atoms with Crippen LogP contribution in [0.2, 0.25) is 0 Å². The number of aldehydes is 1. The molecule has 3 rings (SSSR count). The smallest absolute Gasteiger partial charge is 0.159 e. The van der Waals surface area contributed by atoms with Gasteiger partial charge in [0.25, 0.3) is 0 Å². The lowest BCUT2D eigenvalue weighted by atomic mass is 9.86. The van der Waals surface area contributed by atoms with Crippen LogP contribution in [0, 0.1) is 6.92 Å². The Balaban J connectivity index is 0.000000271. The van der Waals surface area contributed by atoms with Crippen molar-refractivity contribution in [1.29, 1.82) is 0 Å². The number of hydrogen-bond acceptors (Lipinski definition) is 2. The summed E-state index contributed by atoms with van der Waals surface area (Å²) in [6.45, 7) is 23.4. The van der Waals surface area contributed by atoms with Gasteiger partial charge in [-0.05, 0) is 46.8 Å². The molecule has 0 aliphatic carbocycles. The van der Waals surface area contributed by atoms with Crippen LogP contribution in [0.3, 0.4) is 0 Å². The standard InChI is InChI=1S/C12H16O.C11H14O.C11H16/c1-9(13)10-5-7-11(8-6-10)12(2,3)4;1-11(2,3)10-6-4-9(8-12)5-7-10;1-9-5-7-10(8-6-9)11(2,3)4/h5-8H,1-4H3;4-8H,1-3H3;5-8H,1-4H3. The Bertz CT molecular complexity index is 1080. The summed E-state index contributed by atoms with van der Waals surface area (Å²) < 4.78 is 0. The number of carbonyl (C=O) groups excluding carboxylic acids is 2. The Morgan fingerprint density at radius 2 is 0.861 bits per heavy atom. The summed E-state index contributed by atoms with van der Waals surface area (Å²) in [5, 5.41) is 0. The average molecular weight is 487 g/mol. The van der Waals surface area contributed by atoms with Crippen molar-refractivity contribution < 1.29 is 9.59 Å². The fourth-order valence-electron chi connectivity index (χ4n) is 3.32. The van der Waals surface area contributed by atoms with E-state index in [1.807, 2.05) is 48.5 Å². The first-order valence-corrected chi connectivity index (χ1v) is 12.7. The molecule has 0 unspecified atom stereocenters. The summed E-state index contributed by atoms with van der Waals surface area (Å²) in [7, 11) is 0. The Morgan fingerprint density at radius 3 is 1.14 bits per heavy atom. The third kappa shape index (κ3) is 10.7. The molecule has 3 aromatic carbocycles. The van der Waals surface area contributed by atoms with E-state index in [2.05, 4.69) is 93.5 Å². The molecule has 0 fully saturated rings. The molecule has 2 nitrogen and oxygen atoms in total. The van der Waals surface area contributed by atoms with Gasteiger partial charge in [-0.15, -0.1) is 0 Å².